The van der Waals surface area contributed by atoms with Gasteiger partial charge >= 0.3 is 6.03 Å². The van der Waals surface area contributed by atoms with E-state index >= 15 is 0 Å². The molecular weight excluding hydrogens is 853 g/mol. The van der Waals surface area contributed by atoms with Crippen molar-refractivity contribution in [3.63, 3.8) is 0 Å². The van der Waals surface area contributed by atoms with Gasteiger partial charge in [-0.25, -0.2) is 9.78 Å². The molecule has 1 unspecified atom stereocenters. The standard InChI is InChI=1S/C50H66N10O7/c1-5-38-46(65)56(3)40-28-51-47(54-43(40)60(38)36-8-6-7-9-36)52-37-13-12-34(27-41(37)67-4)44(63)55-50(21-25-61)19-17-49(18-20-50)30-57(31-49)29-33-14-22-58(23-15-33)45(64)35-11-10-32(2)39(26-35)59-24-16-42(62)53-48(59)66/h10-13,26-28,33,36,38,61H,5-9,14-25,29-31H2,1-4H3,(H,55,63)(H,51,52,54)(H,53,62,66). The van der Waals surface area contributed by atoms with Gasteiger partial charge in [0.15, 0.2) is 5.82 Å². The number of fused-ring (bicyclic) bond motifs is 1. The molecule has 6 aliphatic rings. The average molecular weight is 919 g/mol. The van der Waals surface area contributed by atoms with Crippen LogP contribution in [-0.2, 0) is 9.59 Å². The molecule has 2 aromatic carbocycles. The Balaban J connectivity index is 0.770. The summed E-state index contributed by atoms with van der Waals surface area (Å²) < 4.78 is 5.79. The van der Waals surface area contributed by atoms with E-state index in [0.29, 0.717) is 71.7 Å². The minimum absolute atomic E-state index is 0.0163. The number of nitrogens with one attached hydrogen (secondary N) is 3. The number of nitrogens with zero attached hydrogens (tertiary/aromatic N) is 7. The summed E-state index contributed by atoms with van der Waals surface area (Å²) in [4.78, 5) is 84.6. The summed E-state index contributed by atoms with van der Waals surface area (Å²) in [6, 6.07) is 10.3. The molecule has 1 aromatic heterocycles. The molecule has 9 rings (SSSR count). The highest BCUT2D eigenvalue weighted by molar-refractivity contribution is 6.07. The Labute approximate surface area is 393 Å². The molecule has 4 N–H and O–H groups in total. The Kier molecular flexibility index (Phi) is 13.2. The van der Waals surface area contributed by atoms with Gasteiger partial charge in [0.2, 0.25) is 17.8 Å². The third-order valence-corrected chi connectivity index (χ3v) is 15.7. The number of aryl methyl sites for hydroxylation is 1. The van der Waals surface area contributed by atoms with E-state index in [2.05, 4.69) is 30.7 Å². The van der Waals surface area contributed by atoms with Crippen molar-refractivity contribution >= 4 is 58.5 Å². The quantitative estimate of drug-likeness (QED) is 0.162. The Morgan fingerprint density at radius 1 is 0.940 bits per heavy atom. The highest BCUT2D eigenvalue weighted by Crippen LogP contribution is 2.48. The monoisotopic (exact) mass is 919 g/mol. The van der Waals surface area contributed by atoms with Crippen LogP contribution in [0.15, 0.2) is 42.6 Å². The summed E-state index contributed by atoms with van der Waals surface area (Å²) in [6.45, 7) is 8.62. The zero-order valence-corrected chi connectivity index (χ0v) is 39.4. The van der Waals surface area contributed by atoms with Crippen molar-refractivity contribution in [2.24, 2.45) is 11.3 Å². The Hall–Kier alpha value is -5.81. The van der Waals surface area contributed by atoms with Crippen molar-refractivity contribution in [2.45, 2.75) is 115 Å². The summed E-state index contributed by atoms with van der Waals surface area (Å²) in [5.41, 5.74) is 3.53. The predicted molar refractivity (Wildman–Crippen MR) is 255 cm³/mol. The van der Waals surface area contributed by atoms with Crippen LogP contribution in [0.2, 0.25) is 0 Å². The predicted octanol–water partition coefficient (Wildman–Crippen LogP) is 5.77. The number of carbonyl (C=O) groups is 5. The fourth-order valence-electron chi connectivity index (χ4n) is 11.8. The maximum atomic E-state index is 14.0. The van der Waals surface area contributed by atoms with Gasteiger partial charge in [-0.1, -0.05) is 25.8 Å². The van der Waals surface area contributed by atoms with Gasteiger partial charge in [-0.15, -0.1) is 0 Å². The molecule has 3 aromatic rings. The van der Waals surface area contributed by atoms with Gasteiger partial charge in [0, 0.05) is 87.7 Å². The van der Waals surface area contributed by atoms with Crippen LogP contribution in [0.25, 0.3) is 0 Å². The largest absolute Gasteiger partial charge is 0.495 e. The number of benzene rings is 2. The number of carbonyl (C=O) groups excluding carboxylic acids is 5. The first-order valence-electron chi connectivity index (χ1n) is 24.4. The number of urea groups is 1. The molecular formula is C50H66N10O7. The van der Waals surface area contributed by atoms with Gasteiger partial charge in [-0.3, -0.25) is 29.4 Å². The summed E-state index contributed by atoms with van der Waals surface area (Å²) in [7, 11) is 3.35. The molecule has 0 bridgehead atoms. The number of piperidine rings is 1. The smallest absolute Gasteiger partial charge is 0.328 e. The number of likely N-dealkylation sites (N-methyl/N-ethyl adjacent to an activating group) is 1. The van der Waals surface area contributed by atoms with Crippen LogP contribution < -0.4 is 35.4 Å². The van der Waals surface area contributed by atoms with E-state index in [1.165, 1.54) is 4.90 Å². The van der Waals surface area contributed by atoms with Crippen molar-refractivity contribution < 1.29 is 33.8 Å². The number of imide groups is 1. The number of anilines is 5. The molecule has 6 amide bonds. The van der Waals surface area contributed by atoms with Gasteiger partial charge in [0.05, 0.1) is 19.0 Å². The van der Waals surface area contributed by atoms with Crippen LogP contribution >= 0.6 is 0 Å². The van der Waals surface area contributed by atoms with E-state index in [-0.39, 0.29) is 60.7 Å². The molecule has 5 heterocycles. The molecule has 2 aliphatic carbocycles. The molecule has 1 spiro atoms. The number of likely N-dealkylation sites (tertiary alicyclic amines) is 2. The van der Waals surface area contributed by atoms with Gasteiger partial charge in [-0.05, 0) is 118 Å². The normalized spacial score (nSPS) is 22.1. The van der Waals surface area contributed by atoms with Gasteiger partial charge in [0.1, 0.15) is 17.5 Å². The van der Waals surface area contributed by atoms with E-state index in [4.69, 9.17) is 9.72 Å². The Morgan fingerprint density at radius 3 is 2.36 bits per heavy atom. The first kappa shape index (κ1) is 46.3. The number of ether oxygens (including phenoxy) is 1. The molecule has 67 heavy (non-hydrogen) atoms. The van der Waals surface area contributed by atoms with Crippen molar-refractivity contribution in [3.05, 3.63) is 59.3 Å². The van der Waals surface area contributed by atoms with Crippen LogP contribution in [0.4, 0.5) is 33.6 Å². The maximum Gasteiger partial charge on any atom is 0.328 e. The summed E-state index contributed by atoms with van der Waals surface area (Å²) in [6.07, 6.45) is 12.8. The number of rotatable bonds is 13. The third kappa shape index (κ3) is 9.28. The Morgan fingerprint density at radius 2 is 1.67 bits per heavy atom. The number of aliphatic hydroxyl groups is 1. The lowest BCUT2D eigenvalue weighted by Gasteiger charge is -2.57. The highest BCUT2D eigenvalue weighted by atomic mass is 16.5. The first-order chi connectivity index (χ1) is 32.3. The first-order valence-corrected chi connectivity index (χ1v) is 24.4. The number of amides is 6. The number of hydrogen-bond donors (Lipinski definition) is 4. The Bertz CT molecular complexity index is 2380. The van der Waals surface area contributed by atoms with E-state index < -0.39 is 11.6 Å². The van der Waals surface area contributed by atoms with E-state index in [9.17, 15) is 29.1 Å². The second kappa shape index (κ2) is 19.1. The van der Waals surface area contributed by atoms with E-state index in [1.807, 2.05) is 30.9 Å². The molecule has 5 fully saturated rings. The fraction of sp³-hybridized carbons (Fsp3) is 0.580. The van der Waals surface area contributed by atoms with Crippen LogP contribution in [0.3, 0.4) is 0 Å². The molecule has 1 atom stereocenters. The molecule has 17 nitrogen and oxygen atoms in total. The van der Waals surface area contributed by atoms with Crippen LogP contribution in [0, 0.1) is 18.3 Å². The fourth-order valence-corrected chi connectivity index (χ4v) is 11.8. The number of methoxy groups -OCH3 is 1. The lowest BCUT2D eigenvalue weighted by atomic mass is 9.62. The second-order valence-electron chi connectivity index (χ2n) is 20.0. The molecule has 358 valence electrons. The van der Waals surface area contributed by atoms with Crippen molar-refractivity contribution in [1.29, 1.82) is 0 Å². The summed E-state index contributed by atoms with van der Waals surface area (Å²) in [5, 5.41) is 19.2. The van der Waals surface area contributed by atoms with Gasteiger partial charge in [0.25, 0.3) is 11.8 Å². The van der Waals surface area contributed by atoms with E-state index in [1.54, 1.807) is 49.5 Å². The van der Waals surface area contributed by atoms with Crippen molar-refractivity contribution in [3.8, 4) is 5.75 Å². The van der Waals surface area contributed by atoms with Crippen LogP contribution in [-0.4, -0.2) is 132 Å². The molecule has 0 radical (unpaired) electrons. The van der Waals surface area contributed by atoms with Gasteiger partial charge in [-0.2, -0.15) is 4.98 Å². The summed E-state index contributed by atoms with van der Waals surface area (Å²) >= 11 is 0. The number of aromatic nitrogens is 2. The summed E-state index contributed by atoms with van der Waals surface area (Å²) in [5.74, 6) is 1.62. The van der Waals surface area contributed by atoms with Crippen LogP contribution in [0.1, 0.15) is 117 Å². The van der Waals surface area contributed by atoms with E-state index in [0.717, 1.165) is 95.2 Å². The van der Waals surface area contributed by atoms with Crippen molar-refractivity contribution in [1.82, 2.24) is 30.4 Å². The maximum absolute atomic E-state index is 14.0. The average Bonchev–Trinajstić information content (AvgIpc) is 3.86. The molecule has 17 heteroatoms. The second-order valence-corrected chi connectivity index (χ2v) is 20.0. The van der Waals surface area contributed by atoms with Gasteiger partial charge < -0.3 is 40.1 Å². The molecule has 2 saturated carbocycles. The van der Waals surface area contributed by atoms with Crippen LogP contribution in [0.5, 0.6) is 5.75 Å². The molecule has 3 saturated heterocycles. The SMILES string of the molecule is CCC1C(=O)N(C)c2cnc(Nc3ccc(C(=O)NC4(CCO)CCC5(CC4)CN(CC4CCN(C(=O)c6ccc(C)c(N7CCC(=O)NC7=O)c6)CC4)C5)cc3OC)nc2N1C1CCCC1. The minimum Gasteiger partial charge on any atom is -0.495 e. The zero-order valence-electron chi connectivity index (χ0n) is 39.4. The molecule has 4 aliphatic heterocycles. The lowest BCUT2D eigenvalue weighted by molar-refractivity contribution is -0.121. The number of aliphatic hydroxyl groups excluding tert-OH is 1. The highest BCUT2D eigenvalue weighted by Gasteiger charge is 2.50. The minimum atomic E-state index is -0.508. The third-order valence-electron chi connectivity index (χ3n) is 15.7. The van der Waals surface area contributed by atoms with Crippen molar-refractivity contribution in [2.75, 3.05) is 80.0 Å². The number of hydrogen-bond acceptors (Lipinski definition) is 12. The lowest BCUT2D eigenvalue weighted by Crippen LogP contribution is -2.62. The zero-order chi connectivity index (χ0) is 47.0. The topological polar surface area (TPSA) is 193 Å².